The maximum absolute atomic E-state index is 14.3. The van der Waals surface area contributed by atoms with Crippen LogP contribution in [-0.2, 0) is 17.8 Å². The summed E-state index contributed by atoms with van der Waals surface area (Å²) in [5.41, 5.74) is 1.74. The lowest BCUT2D eigenvalue weighted by Gasteiger charge is -2.37. The largest absolute Gasteiger partial charge is 0.507 e. The number of thiazole rings is 1. The number of rotatable bonds is 10. The Balaban J connectivity index is 1.35. The monoisotopic (exact) mass is 711 g/mol. The third-order valence-corrected chi connectivity index (χ3v) is 9.44. The number of aromatic hydroxyl groups is 1. The Morgan fingerprint density at radius 3 is 2.60 bits per heavy atom. The summed E-state index contributed by atoms with van der Waals surface area (Å²) in [6, 6.07) is 6.27. The van der Waals surface area contributed by atoms with Crippen molar-refractivity contribution in [2.45, 2.75) is 38.9 Å². The van der Waals surface area contributed by atoms with Crippen LogP contribution in [0.2, 0.25) is 0 Å². The van der Waals surface area contributed by atoms with Gasteiger partial charge in [-0.05, 0) is 31.0 Å². The Labute approximate surface area is 286 Å². The van der Waals surface area contributed by atoms with Gasteiger partial charge in [-0.3, -0.25) is 14.4 Å². The summed E-state index contributed by atoms with van der Waals surface area (Å²) in [5.74, 6) is -0.944. The van der Waals surface area contributed by atoms with Crippen molar-refractivity contribution in [1.82, 2.24) is 29.7 Å². The van der Waals surface area contributed by atoms with Gasteiger partial charge in [0.05, 0.1) is 7.11 Å². The summed E-state index contributed by atoms with van der Waals surface area (Å²) in [4.78, 5) is 57.8. The van der Waals surface area contributed by atoms with Crippen LogP contribution in [0.4, 0.5) is 18.9 Å². The third kappa shape index (κ3) is 6.85. The van der Waals surface area contributed by atoms with Crippen LogP contribution >= 0.6 is 11.3 Å². The van der Waals surface area contributed by atoms with Gasteiger partial charge < -0.3 is 33.9 Å². The van der Waals surface area contributed by atoms with Crippen molar-refractivity contribution in [3.63, 3.8) is 0 Å². The van der Waals surface area contributed by atoms with E-state index in [9.17, 15) is 32.7 Å². The molecule has 1 fully saturated rings. The first-order chi connectivity index (χ1) is 23.9. The van der Waals surface area contributed by atoms with E-state index in [0.29, 0.717) is 44.7 Å². The number of phenols is 1. The maximum Gasteiger partial charge on any atom is 0.389 e. The van der Waals surface area contributed by atoms with Gasteiger partial charge in [-0.25, -0.2) is 15.0 Å². The van der Waals surface area contributed by atoms with E-state index in [1.165, 1.54) is 37.0 Å². The number of allylic oxidation sites excluding steroid dienone is 1. The van der Waals surface area contributed by atoms with E-state index in [1.54, 1.807) is 27.8 Å². The number of halogens is 3. The molecule has 0 saturated carbocycles. The van der Waals surface area contributed by atoms with Crippen molar-refractivity contribution in [3.8, 4) is 22.2 Å². The van der Waals surface area contributed by atoms with Gasteiger partial charge in [0.25, 0.3) is 5.91 Å². The van der Waals surface area contributed by atoms with Crippen LogP contribution in [0.5, 0.6) is 11.6 Å². The molecule has 4 aromatic heterocycles. The van der Waals surface area contributed by atoms with E-state index in [4.69, 9.17) is 9.15 Å². The number of nitrogens with one attached hydrogen (secondary N) is 1. The van der Waals surface area contributed by atoms with Gasteiger partial charge in [0.15, 0.2) is 12.0 Å². The topological polar surface area (TPSA) is 156 Å². The molecular formula is C33H32F3N7O6S. The number of phenolic OH excluding ortho intramolecular Hbond substituents is 1. The van der Waals surface area contributed by atoms with E-state index in [2.05, 4.69) is 26.8 Å². The van der Waals surface area contributed by atoms with Gasteiger partial charge in [0.1, 0.15) is 44.4 Å². The van der Waals surface area contributed by atoms with E-state index < -0.39 is 30.8 Å². The molecule has 0 atom stereocenters. The average Bonchev–Trinajstić information content (AvgIpc) is 3.76. The summed E-state index contributed by atoms with van der Waals surface area (Å²) < 4.78 is 50.6. The van der Waals surface area contributed by atoms with E-state index in [0.717, 1.165) is 0 Å². The minimum atomic E-state index is -4.41. The lowest BCUT2D eigenvalue weighted by atomic mass is 10.1. The molecule has 2 amide bonds. The number of oxazole rings is 1. The smallest absolute Gasteiger partial charge is 0.389 e. The second kappa shape index (κ2) is 13.8. The second-order valence-corrected chi connectivity index (χ2v) is 12.5. The normalized spacial score (nSPS) is 13.6. The molecule has 13 nitrogen and oxygen atoms in total. The summed E-state index contributed by atoms with van der Waals surface area (Å²) in [7, 11) is 1.47. The molecule has 2 N–H and O–H groups in total. The number of anilines is 1. The number of methoxy groups -OCH3 is 1. The number of aromatic nitrogens is 4. The van der Waals surface area contributed by atoms with Gasteiger partial charge in [0.2, 0.25) is 17.2 Å². The molecule has 17 heteroatoms. The number of ether oxygens (including phenoxy) is 1. The Morgan fingerprint density at radius 2 is 1.90 bits per heavy atom. The van der Waals surface area contributed by atoms with Gasteiger partial charge in [-0.2, -0.15) is 13.2 Å². The molecule has 5 aromatic rings. The first-order valence-electron chi connectivity index (χ1n) is 15.6. The molecule has 1 aliphatic heterocycles. The fourth-order valence-corrected chi connectivity index (χ4v) is 7.01. The quantitative estimate of drug-likeness (QED) is 0.205. The van der Waals surface area contributed by atoms with Gasteiger partial charge in [-0.15, -0.1) is 0 Å². The fraction of sp³-hybridized carbons (Fsp3) is 0.333. The highest BCUT2D eigenvalue weighted by Crippen LogP contribution is 2.34. The molecule has 50 heavy (non-hydrogen) atoms. The van der Waals surface area contributed by atoms with Crippen molar-refractivity contribution in [2.24, 2.45) is 0 Å². The Bertz CT molecular complexity index is 2170. The standard InChI is InChI=1S/C33H32F3N7O6S/c1-4-20-28(41-11-13-42(14-12-41)31(47)25-21(44)5-6-22-26(25)38-17-49-22)29(46)27-32(50-30(40-27)19-8-10-37-24(15-19)48-3)43(20)16-23(45)39-18(2)7-9-33(34,35)36/h5-6,8,10,15,17,44H,2,4,7,9,11-14,16H2,1,3H3,(H,39,45). The van der Waals surface area contributed by atoms with E-state index in [1.807, 2.05) is 11.8 Å². The number of hydrogen-bond donors (Lipinski definition) is 2. The Kier molecular flexibility index (Phi) is 9.51. The number of fused-ring (bicyclic) bond motifs is 2. The Hall–Kier alpha value is -5.45. The number of amides is 2. The molecule has 1 saturated heterocycles. The molecular weight excluding hydrogens is 679 g/mol. The SMILES string of the molecule is C=C(CCC(F)(F)F)NC(=O)Cn1c(CC)c(N2CCN(C(=O)c3c(O)ccc4ocnc34)CC2)c(=O)c2nc(-c3ccnc(OC)c3)sc21. The minimum absolute atomic E-state index is 0.0216. The molecule has 0 bridgehead atoms. The van der Waals surface area contributed by atoms with Crippen molar-refractivity contribution in [2.75, 3.05) is 38.2 Å². The minimum Gasteiger partial charge on any atom is -0.507 e. The second-order valence-electron chi connectivity index (χ2n) is 11.5. The zero-order valence-corrected chi connectivity index (χ0v) is 27.9. The fourth-order valence-electron chi connectivity index (χ4n) is 5.92. The highest BCUT2D eigenvalue weighted by Gasteiger charge is 2.31. The summed E-state index contributed by atoms with van der Waals surface area (Å²) in [6.07, 6.45) is -2.95. The predicted molar refractivity (Wildman–Crippen MR) is 179 cm³/mol. The molecule has 0 aliphatic carbocycles. The molecule has 5 heterocycles. The molecule has 0 radical (unpaired) electrons. The number of benzene rings is 1. The van der Waals surface area contributed by atoms with Crippen molar-refractivity contribution >= 4 is 50.3 Å². The molecule has 1 aromatic carbocycles. The number of carbonyl (C=O) groups is 2. The third-order valence-electron chi connectivity index (χ3n) is 8.32. The summed E-state index contributed by atoms with van der Waals surface area (Å²) in [6.45, 7) is 5.99. The number of nitrogens with zero attached hydrogens (tertiary/aromatic N) is 6. The number of hydrogen-bond acceptors (Lipinski definition) is 11. The number of pyridine rings is 2. The maximum atomic E-state index is 14.3. The molecule has 262 valence electrons. The highest BCUT2D eigenvalue weighted by atomic mass is 32.1. The zero-order chi connectivity index (χ0) is 35.7. The number of alkyl halides is 3. The lowest BCUT2D eigenvalue weighted by Crippen LogP contribution is -2.50. The van der Waals surface area contributed by atoms with Gasteiger partial charge in [0, 0.05) is 61.8 Å². The number of carbonyl (C=O) groups excluding carboxylic acids is 2. The van der Waals surface area contributed by atoms with E-state index >= 15 is 0 Å². The van der Waals surface area contributed by atoms with Crippen molar-refractivity contribution < 1.29 is 37.0 Å². The molecule has 1 aliphatic rings. The van der Waals surface area contributed by atoms with Crippen LogP contribution in [0.3, 0.4) is 0 Å². The van der Waals surface area contributed by atoms with E-state index in [-0.39, 0.29) is 66.2 Å². The zero-order valence-electron chi connectivity index (χ0n) is 27.0. The number of piperazine rings is 1. The van der Waals surface area contributed by atoms with Crippen molar-refractivity contribution in [3.05, 3.63) is 70.6 Å². The van der Waals surface area contributed by atoms with Crippen LogP contribution in [0.1, 0.15) is 35.8 Å². The van der Waals surface area contributed by atoms with Crippen LogP contribution in [-0.4, -0.2) is 80.8 Å². The highest BCUT2D eigenvalue weighted by molar-refractivity contribution is 7.21. The lowest BCUT2D eigenvalue weighted by molar-refractivity contribution is -0.134. The van der Waals surface area contributed by atoms with Gasteiger partial charge >= 0.3 is 6.18 Å². The van der Waals surface area contributed by atoms with Crippen molar-refractivity contribution in [1.29, 1.82) is 0 Å². The molecule has 0 unspecified atom stereocenters. The van der Waals surface area contributed by atoms with Crippen LogP contribution < -0.4 is 20.4 Å². The molecule has 0 spiro atoms. The molecule has 6 rings (SSSR count). The average molecular weight is 712 g/mol. The van der Waals surface area contributed by atoms with Gasteiger partial charge in [-0.1, -0.05) is 24.8 Å². The van der Waals surface area contributed by atoms with Crippen LogP contribution in [0.25, 0.3) is 32.0 Å². The summed E-state index contributed by atoms with van der Waals surface area (Å²) in [5, 5.41) is 13.5. The predicted octanol–water partition coefficient (Wildman–Crippen LogP) is 4.87. The summed E-state index contributed by atoms with van der Waals surface area (Å²) >= 11 is 1.18. The van der Waals surface area contributed by atoms with Crippen LogP contribution in [0, 0.1) is 0 Å². The first kappa shape index (κ1) is 34.4. The first-order valence-corrected chi connectivity index (χ1v) is 16.4. The Morgan fingerprint density at radius 1 is 1.14 bits per heavy atom. The van der Waals surface area contributed by atoms with Crippen LogP contribution in [0.15, 0.2) is 58.3 Å².